The number of halogens is 3. The molecule has 1 aliphatic heterocycles. The third kappa shape index (κ3) is 2.50. The highest BCUT2D eigenvalue weighted by atomic mass is 32.2. The third-order valence-electron chi connectivity index (χ3n) is 3.69. The van der Waals surface area contributed by atoms with Crippen molar-refractivity contribution >= 4 is 11.8 Å². The van der Waals surface area contributed by atoms with Crippen molar-refractivity contribution in [2.24, 2.45) is 5.92 Å². The minimum absolute atomic E-state index is 0.262. The maximum absolute atomic E-state index is 12.7. The molecule has 0 aromatic carbocycles. The second kappa shape index (κ2) is 4.41. The molecule has 0 amide bonds. The molecule has 1 spiro atoms. The van der Waals surface area contributed by atoms with Gasteiger partial charge in [0.2, 0.25) is 0 Å². The number of rotatable bonds is 1. The van der Waals surface area contributed by atoms with Gasteiger partial charge in [-0.25, -0.2) is 0 Å². The van der Waals surface area contributed by atoms with Crippen LogP contribution in [0.15, 0.2) is 0 Å². The number of hydrogen-bond acceptors (Lipinski definition) is 2. The van der Waals surface area contributed by atoms with Crippen LogP contribution in [0.25, 0.3) is 0 Å². The first kappa shape index (κ1) is 12.6. The summed E-state index contributed by atoms with van der Waals surface area (Å²) in [5.41, 5.74) is 0. The lowest BCUT2D eigenvalue weighted by atomic mass is 9.84. The van der Waals surface area contributed by atoms with Crippen molar-refractivity contribution in [3.05, 3.63) is 0 Å². The third-order valence-corrected chi connectivity index (χ3v) is 5.30. The van der Waals surface area contributed by atoms with Crippen molar-refractivity contribution < 1.29 is 13.2 Å². The summed E-state index contributed by atoms with van der Waals surface area (Å²) in [5.74, 6) is -0.141. The molecule has 1 saturated carbocycles. The Labute approximate surface area is 98.5 Å². The van der Waals surface area contributed by atoms with Gasteiger partial charge in [0.15, 0.2) is 0 Å². The van der Waals surface area contributed by atoms with Crippen molar-refractivity contribution in [1.29, 1.82) is 0 Å². The second-order valence-electron chi connectivity index (χ2n) is 4.89. The first-order valence-electron chi connectivity index (χ1n) is 5.93. The Morgan fingerprint density at radius 1 is 1.44 bits per heavy atom. The lowest BCUT2D eigenvalue weighted by molar-refractivity contribution is -0.184. The first-order chi connectivity index (χ1) is 7.45. The van der Waals surface area contributed by atoms with Gasteiger partial charge in [0, 0.05) is 11.8 Å². The van der Waals surface area contributed by atoms with E-state index in [2.05, 4.69) is 12.2 Å². The van der Waals surface area contributed by atoms with E-state index in [1.165, 1.54) is 0 Å². The van der Waals surface area contributed by atoms with Crippen LogP contribution in [0.4, 0.5) is 13.2 Å². The van der Waals surface area contributed by atoms with Gasteiger partial charge in [0.05, 0.1) is 10.8 Å². The standard InChI is InChI=1S/C11H18F3NS/c1-2-9-7-16-10(15-9)5-3-4-8(6-10)11(12,13)14/h8-9,15H,2-7H2,1H3. The summed E-state index contributed by atoms with van der Waals surface area (Å²) in [5, 5.41) is 3.42. The Hall–Kier alpha value is 0.1000. The van der Waals surface area contributed by atoms with Gasteiger partial charge in [-0.3, -0.25) is 5.32 Å². The number of hydrogen-bond donors (Lipinski definition) is 1. The Bertz CT molecular complexity index is 256. The minimum Gasteiger partial charge on any atom is -0.299 e. The largest absolute Gasteiger partial charge is 0.391 e. The van der Waals surface area contributed by atoms with E-state index >= 15 is 0 Å². The van der Waals surface area contributed by atoms with Crippen LogP contribution in [0.3, 0.4) is 0 Å². The van der Waals surface area contributed by atoms with Gasteiger partial charge in [-0.1, -0.05) is 13.3 Å². The molecule has 2 rings (SSSR count). The molecule has 1 saturated heterocycles. The molecule has 1 heterocycles. The average molecular weight is 253 g/mol. The molecule has 0 aromatic heterocycles. The molecule has 2 aliphatic rings. The van der Waals surface area contributed by atoms with Gasteiger partial charge in [-0.15, -0.1) is 11.8 Å². The van der Waals surface area contributed by atoms with E-state index in [4.69, 9.17) is 0 Å². The Balaban J connectivity index is 2.02. The second-order valence-corrected chi connectivity index (χ2v) is 6.29. The predicted octanol–water partition coefficient (Wildman–Crippen LogP) is 3.55. The van der Waals surface area contributed by atoms with E-state index < -0.39 is 12.1 Å². The molecule has 3 atom stereocenters. The summed E-state index contributed by atoms with van der Waals surface area (Å²) in [7, 11) is 0. The molecule has 1 nitrogen and oxygen atoms in total. The van der Waals surface area contributed by atoms with Gasteiger partial charge in [-0.05, 0) is 25.7 Å². The van der Waals surface area contributed by atoms with Gasteiger partial charge in [-0.2, -0.15) is 13.2 Å². The van der Waals surface area contributed by atoms with Crippen molar-refractivity contribution in [3.63, 3.8) is 0 Å². The van der Waals surface area contributed by atoms with E-state index in [1.54, 1.807) is 11.8 Å². The highest BCUT2D eigenvalue weighted by Crippen LogP contribution is 2.48. The van der Waals surface area contributed by atoms with E-state index in [1.807, 2.05) is 0 Å². The molecule has 5 heteroatoms. The number of alkyl halides is 3. The topological polar surface area (TPSA) is 12.0 Å². The summed E-state index contributed by atoms with van der Waals surface area (Å²) in [6.45, 7) is 2.08. The maximum Gasteiger partial charge on any atom is 0.391 e. The summed E-state index contributed by atoms with van der Waals surface area (Å²) in [6.07, 6.45) is -0.852. The fraction of sp³-hybridized carbons (Fsp3) is 1.00. The molecule has 3 unspecified atom stereocenters. The molecule has 1 aliphatic carbocycles. The van der Waals surface area contributed by atoms with E-state index in [-0.39, 0.29) is 11.3 Å². The Kier molecular flexibility index (Phi) is 3.46. The summed E-state index contributed by atoms with van der Waals surface area (Å²) < 4.78 is 38.2. The molecule has 0 bridgehead atoms. The van der Waals surface area contributed by atoms with Crippen LogP contribution >= 0.6 is 11.8 Å². The molecule has 16 heavy (non-hydrogen) atoms. The molecule has 2 fully saturated rings. The van der Waals surface area contributed by atoms with Crippen LogP contribution in [0, 0.1) is 5.92 Å². The van der Waals surface area contributed by atoms with E-state index in [0.717, 1.165) is 18.6 Å². The van der Waals surface area contributed by atoms with Crippen LogP contribution in [0.5, 0.6) is 0 Å². The van der Waals surface area contributed by atoms with Crippen LogP contribution in [-0.2, 0) is 0 Å². The van der Waals surface area contributed by atoms with E-state index in [0.29, 0.717) is 18.9 Å². The molecule has 1 N–H and O–H groups in total. The highest BCUT2D eigenvalue weighted by molar-refractivity contribution is 8.00. The van der Waals surface area contributed by atoms with Gasteiger partial charge >= 0.3 is 6.18 Å². The summed E-state index contributed by atoms with van der Waals surface area (Å²) >= 11 is 1.71. The first-order valence-corrected chi connectivity index (χ1v) is 6.92. The van der Waals surface area contributed by atoms with Gasteiger partial charge in [0.25, 0.3) is 0 Å². The zero-order valence-electron chi connectivity index (χ0n) is 9.44. The maximum atomic E-state index is 12.7. The van der Waals surface area contributed by atoms with Gasteiger partial charge < -0.3 is 0 Å². The minimum atomic E-state index is -4.01. The predicted molar refractivity (Wildman–Crippen MR) is 60.4 cm³/mol. The molecule has 0 aromatic rings. The van der Waals surface area contributed by atoms with Crippen LogP contribution in [0.1, 0.15) is 39.0 Å². The lowest BCUT2D eigenvalue weighted by Crippen LogP contribution is -2.47. The van der Waals surface area contributed by atoms with Crippen molar-refractivity contribution in [1.82, 2.24) is 5.32 Å². The zero-order valence-corrected chi connectivity index (χ0v) is 10.3. The van der Waals surface area contributed by atoms with E-state index in [9.17, 15) is 13.2 Å². The number of thioether (sulfide) groups is 1. The van der Waals surface area contributed by atoms with Crippen molar-refractivity contribution in [2.75, 3.05) is 5.75 Å². The normalized spacial score (nSPS) is 40.5. The fourth-order valence-electron chi connectivity index (χ4n) is 2.71. The SMILES string of the molecule is CCC1CSC2(CCCC(C(F)(F)F)C2)N1. The zero-order chi connectivity index (χ0) is 11.8. The van der Waals surface area contributed by atoms with Crippen LogP contribution in [0.2, 0.25) is 0 Å². The monoisotopic (exact) mass is 253 g/mol. The average Bonchev–Trinajstić information content (AvgIpc) is 2.60. The summed E-state index contributed by atoms with van der Waals surface area (Å²) in [4.78, 5) is -0.279. The quantitative estimate of drug-likeness (QED) is 0.767. The molecular weight excluding hydrogens is 235 g/mol. The van der Waals surface area contributed by atoms with Crippen molar-refractivity contribution in [2.45, 2.75) is 56.1 Å². The molecular formula is C11H18F3NS. The summed E-state index contributed by atoms with van der Waals surface area (Å²) in [6, 6.07) is 0.400. The van der Waals surface area contributed by atoms with Gasteiger partial charge in [0.1, 0.15) is 0 Å². The lowest BCUT2D eigenvalue weighted by Gasteiger charge is -2.38. The van der Waals surface area contributed by atoms with Crippen LogP contribution in [-0.4, -0.2) is 22.8 Å². The Morgan fingerprint density at radius 3 is 2.75 bits per heavy atom. The smallest absolute Gasteiger partial charge is 0.299 e. The fourth-order valence-corrected chi connectivity index (χ4v) is 4.41. The highest BCUT2D eigenvalue weighted by Gasteiger charge is 2.50. The van der Waals surface area contributed by atoms with Crippen LogP contribution < -0.4 is 5.32 Å². The number of nitrogens with one attached hydrogen (secondary N) is 1. The van der Waals surface area contributed by atoms with Crippen molar-refractivity contribution in [3.8, 4) is 0 Å². The molecule has 94 valence electrons. The molecule has 0 radical (unpaired) electrons. The Morgan fingerprint density at radius 2 is 2.19 bits per heavy atom.